The second-order valence-corrected chi connectivity index (χ2v) is 13.1. The van der Waals surface area contributed by atoms with Gasteiger partial charge in [0, 0.05) is 21.9 Å². The van der Waals surface area contributed by atoms with Crippen LogP contribution in [0.25, 0.3) is 22.0 Å². The van der Waals surface area contributed by atoms with Crippen LogP contribution >= 0.6 is 11.6 Å². The lowest BCUT2D eigenvalue weighted by Crippen LogP contribution is -2.39. The Balaban J connectivity index is 1.46. The molecule has 0 aliphatic carbocycles. The van der Waals surface area contributed by atoms with Crippen molar-refractivity contribution in [1.82, 2.24) is 14.7 Å². The van der Waals surface area contributed by atoms with E-state index in [0.29, 0.717) is 16.4 Å². The summed E-state index contributed by atoms with van der Waals surface area (Å²) >= 11 is 6.71. The van der Waals surface area contributed by atoms with Crippen molar-refractivity contribution in [3.8, 4) is 17.2 Å². The molecule has 244 valence electrons. The standard InChI is InChI=1S/C42H38ClN5O/c1-2-24-47-25-22-31(23-26-47)41(49)45-40-37-28-32(36-27-30(29-44)18-20-38(36)43)19-21-39(37)48(46-40)42(33-12-6-3-7-13-33,34-14-8-4-9-15-34)35-16-10-5-11-17-35/h3-21,27-28,31H,2,22-26H2,1H3,(H,45,46,49). The van der Waals surface area contributed by atoms with E-state index in [4.69, 9.17) is 16.7 Å². The van der Waals surface area contributed by atoms with Crippen LogP contribution in [0.4, 0.5) is 5.82 Å². The fraction of sp³-hybridized carbons (Fsp3) is 0.214. The number of piperidine rings is 1. The summed E-state index contributed by atoms with van der Waals surface area (Å²) in [6.45, 7) is 5.08. The molecule has 1 aliphatic rings. The molecular formula is C42H38ClN5O. The molecule has 6 nitrogen and oxygen atoms in total. The first kappa shape index (κ1) is 32.3. The van der Waals surface area contributed by atoms with E-state index in [1.54, 1.807) is 18.2 Å². The van der Waals surface area contributed by atoms with Gasteiger partial charge in [0.2, 0.25) is 5.91 Å². The Kier molecular flexibility index (Phi) is 9.30. The Hall–Kier alpha value is -5.22. The minimum Gasteiger partial charge on any atom is -0.308 e. The number of anilines is 1. The Labute approximate surface area is 292 Å². The number of nitrogens with zero attached hydrogens (tertiary/aromatic N) is 4. The van der Waals surface area contributed by atoms with Crippen LogP contribution in [0.5, 0.6) is 0 Å². The average molecular weight is 664 g/mol. The van der Waals surface area contributed by atoms with Crippen LogP contribution in [0, 0.1) is 17.2 Å². The molecule has 7 rings (SSSR count). The summed E-state index contributed by atoms with van der Waals surface area (Å²) in [6, 6.07) is 44.8. The highest BCUT2D eigenvalue weighted by Gasteiger charge is 2.41. The van der Waals surface area contributed by atoms with E-state index in [2.05, 4.69) is 107 Å². The van der Waals surface area contributed by atoms with Crippen molar-refractivity contribution in [3.05, 3.63) is 155 Å². The third-order valence-corrected chi connectivity index (χ3v) is 10.0. The van der Waals surface area contributed by atoms with Crippen molar-refractivity contribution in [1.29, 1.82) is 5.26 Å². The lowest BCUT2D eigenvalue weighted by Gasteiger charge is -2.37. The zero-order chi connectivity index (χ0) is 33.8. The largest absolute Gasteiger partial charge is 0.308 e. The number of carbonyl (C=O) groups excluding carboxylic acids is 1. The minimum absolute atomic E-state index is 0.0117. The Morgan fingerprint density at radius 2 is 1.45 bits per heavy atom. The number of halogens is 1. The molecule has 5 aromatic carbocycles. The van der Waals surface area contributed by atoms with Gasteiger partial charge in [0.05, 0.1) is 17.1 Å². The molecule has 0 spiro atoms. The quantitative estimate of drug-likeness (QED) is 0.157. The molecule has 0 saturated carbocycles. The highest BCUT2D eigenvalue weighted by molar-refractivity contribution is 6.33. The van der Waals surface area contributed by atoms with Gasteiger partial charge in [0.25, 0.3) is 0 Å². The highest BCUT2D eigenvalue weighted by Crippen LogP contribution is 2.44. The summed E-state index contributed by atoms with van der Waals surface area (Å²) in [6.07, 6.45) is 2.73. The first-order valence-corrected chi connectivity index (χ1v) is 17.3. The summed E-state index contributed by atoms with van der Waals surface area (Å²) in [5.41, 5.74) is 5.18. The number of hydrogen-bond donors (Lipinski definition) is 1. The molecule has 1 aromatic heterocycles. The minimum atomic E-state index is -0.879. The Morgan fingerprint density at radius 1 is 0.857 bits per heavy atom. The maximum Gasteiger partial charge on any atom is 0.228 e. The van der Waals surface area contributed by atoms with Crippen LogP contribution in [-0.4, -0.2) is 40.2 Å². The summed E-state index contributed by atoms with van der Waals surface area (Å²) in [5.74, 6) is 0.389. The fourth-order valence-electron chi connectivity index (χ4n) is 7.31. The monoisotopic (exact) mass is 663 g/mol. The number of likely N-dealkylation sites (tertiary alicyclic amines) is 1. The van der Waals surface area contributed by atoms with Crippen molar-refractivity contribution < 1.29 is 4.79 Å². The molecule has 49 heavy (non-hydrogen) atoms. The molecule has 1 fully saturated rings. The zero-order valence-electron chi connectivity index (χ0n) is 27.5. The molecule has 6 aromatic rings. The van der Waals surface area contributed by atoms with Gasteiger partial charge < -0.3 is 10.2 Å². The predicted molar refractivity (Wildman–Crippen MR) is 198 cm³/mol. The summed E-state index contributed by atoms with van der Waals surface area (Å²) in [5, 5.41) is 19.6. The van der Waals surface area contributed by atoms with E-state index in [1.807, 2.05) is 30.3 Å². The number of hydrogen-bond acceptors (Lipinski definition) is 4. The maximum atomic E-state index is 14.0. The number of carbonyl (C=O) groups is 1. The van der Waals surface area contributed by atoms with Gasteiger partial charge in [0.1, 0.15) is 5.54 Å². The molecule has 7 heteroatoms. The third kappa shape index (κ3) is 6.12. The van der Waals surface area contributed by atoms with Gasteiger partial charge >= 0.3 is 0 Å². The summed E-state index contributed by atoms with van der Waals surface area (Å²) < 4.78 is 2.07. The lowest BCUT2D eigenvalue weighted by atomic mass is 9.77. The van der Waals surface area contributed by atoms with Crippen LogP contribution in [0.1, 0.15) is 48.4 Å². The Morgan fingerprint density at radius 3 is 2.00 bits per heavy atom. The van der Waals surface area contributed by atoms with E-state index >= 15 is 0 Å². The molecule has 0 atom stereocenters. The zero-order valence-corrected chi connectivity index (χ0v) is 28.3. The number of fused-ring (bicyclic) bond motifs is 1. The predicted octanol–water partition coefficient (Wildman–Crippen LogP) is 9.13. The Bertz CT molecular complexity index is 2020. The molecule has 0 unspecified atom stereocenters. The second-order valence-electron chi connectivity index (χ2n) is 12.7. The van der Waals surface area contributed by atoms with Gasteiger partial charge in [-0.25, -0.2) is 4.68 Å². The van der Waals surface area contributed by atoms with Crippen molar-refractivity contribution in [2.75, 3.05) is 25.0 Å². The number of nitriles is 1. The van der Waals surface area contributed by atoms with Crippen LogP contribution in [0.2, 0.25) is 5.02 Å². The lowest BCUT2D eigenvalue weighted by molar-refractivity contribution is -0.121. The van der Waals surface area contributed by atoms with Crippen molar-refractivity contribution in [2.24, 2.45) is 5.92 Å². The van der Waals surface area contributed by atoms with Gasteiger partial charge in [-0.05, 0) is 91.5 Å². The molecular weight excluding hydrogens is 626 g/mol. The van der Waals surface area contributed by atoms with Crippen molar-refractivity contribution in [3.63, 3.8) is 0 Å². The smallest absolute Gasteiger partial charge is 0.228 e. The number of benzene rings is 5. The SMILES string of the molecule is CCCN1CCC(C(=O)Nc2nn(C(c3ccccc3)(c3ccccc3)c3ccccc3)c3ccc(-c4cc(C#N)ccc4Cl)cc23)CC1. The van der Waals surface area contributed by atoms with Crippen LogP contribution in [0.15, 0.2) is 127 Å². The third-order valence-electron chi connectivity index (χ3n) is 9.72. The normalized spacial score (nSPS) is 14.1. The molecule has 2 heterocycles. The van der Waals surface area contributed by atoms with Crippen molar-refractivity contribution >= 4 is 34.2 Å². The molecule has 0 radical (unpaired) electrons. The van der Waals surface area contributed by atoms with E-state index in [0.717, 1.165) is 77.6 Å². The molecule has 1 saturated heterocycles. The fourth-order valence-corrected chi connectivity index (χ4v) is 7.54. The molecule has 1 aliphatic heterocycles. The van der Waals surface area contributed by atoms with E-state index in [1.165, 1.54) is 0 Å². The van der Waals surface area contributed by atoms with E-state index in [-0.39, 0.29) is 11.8 Å². The first-order chi connectivity index (χ1) is 24.0. The number of aromatic nitrogens is 2. The van der Waals surface area contributed by atoms with Crippen LogP contribution < -0.4 is 5.32 Å². The van der Waals surface area contributed by atoms with Crippen molar-refractivity contribution in [2.45, 2.75) is 31.7 Å². The molecule has 1 N–H and O–H groups in total. The molecule has 1 amide bonds. The summed E-state index contributed by atoms with van der Waals surface area (Å²) in [4.78, 5) is 16.4. The van der Waals surface area contributed by atoms with Crippen LogP contribution in [-0.2, 0) is 10.3 Å². The van der Waals surface area contributed by atoms with Gasteiger partial charge in [-0.3, -0.25) is 4.79 Å². The first-order valence-electron chi connectivity index (χ1n) is 17.0. The maximum absolute atomic E-state index is 14.0. The van der Waals surface area contributed by atoms with Gasteiger partial charge in [-0.1, -0.05) is 116 Å². The van der Waals surface area contributed by atoms with Crippen LogP contribution in [0.3, 0.4) is 0 Å². The van der Waals surface area contributed by atoms with E-state index < -0.39 is 5.54 Å². The molecule has 0 bridgehead atoms. The average Bonchev–Trinajstić information content (AvgIpc) is 3.51. The second kappa shape index (κ2) is 14.1. The topological polar surface area (TPSA) is 74.0 Å². The van der Waals surface area contributed by atoms with Gasteiger partial charge in [0.15, 0.2) is 5.82 Å². The summed E-state index contributed by atoms with van der Waals surface area (Å²) in [7, 11) is 0. The number of nitrogens with one attached hydrogen (secondary N) is 1. The highest BCUT2D eigenvalue weighted by atomic mass is 35.5. The number of amides is 1. The van der Waals surface area contributed by atoms with E-state index in [9.17, 15) is 10.1 Å². The van der Waals surface area contributed by atoms with Gasteiger partial charge in [-0.2, -0.15) is 10.4 Å². The van der Waals surface area contributed by atoms with Gasteiger partial charge in [-0.15, -0.1) is 0 Å². The number of rotatable bonds is 9.